The van der Waals surface area contributed by atoms with Crippen LogP contribution in [0, 0.1) is 0 Å². The summed E-state index contributed by atoms with van der Waals surface area (Å²) in [4.78, 5) is -1.63. The standard InChI is InChI=1S/C11H4F12OS/c12-7(9(15,16)17,8(13,14)10(18,19)20)5-2-1-3-6(4-5)25(24)11(21,22)23/h1-4H. The molecule has 0 bridgehead atoms. The molecule has 14 heteroatoms. The molecule has 1 rings (SSSR count). The summed E-state index contributed by atoms with van der Waals surface area (Å²) in [5, 5.41) is 0. The Hall–Kier alpha value is -1.47. The zero-order valence-corrected chi connectivity index (χ0v) is 12.0. The first-order valence-electron chi connectivity index (χ1n) is 5.66. The van der Waals surface area contributed by atoms with Crippen LogP contribution in [0.25, 0.3) is 0 Å². The molecule has 1 nitrogen and oxygen atoms in total. The van der Waals surface area contributed by atoms with Gasteiger partial charge in [0, 0.05) is 10.5 Å². The zero-order chi connectivity index (χ0) is 20.1. The first kappa shape index (κ1) is 21.6. The third kappa shape index (κ3) is 3.58. The number of benzene rings is 1. The second-order valence-corrected chi connectivity index (χ2v) is 5.94. The van der Waals surface area contributed by atoms with Gasteiger partial charge in [-0.1, -0.05) is 12.1 Å². The van der Waals surface area contributed by atoms with Gasteiger partial charge in [0.15, 0.2) is 10.8 Å². The molecule has 0 amide bonds. The van der Waals surface area contributed by atoms with E-state index in [9.17, 15) is 56.9 Å². The Morgan fingerprint density at radius 2 is 1.20 bits per heavy atom. The number of rotatable bonds is 3. The first-order valence-corrected chi connectivity index (χ1v) is 6.81. The molecule has 0 saturated carbocycles. The molecule has 0 N–H and O–H groups in total. The number of halogens is 12. The van der Waals surface area contributed by atoms with Crippen molar-refractivity contribution in [3.63, 3.8) is 0 Å². The summed E-state index contributed by atoms with van der Waals surface area (Å²) in [6.07, 6.45) is -13.9. The van der Waals surface area contributed by atoms with Gasteiger partial charge in [-0.05, 0) is 12.1 Å². The van der Waals surface area contributed by atoms with Crippen LogP contribution in [0.1, 0.15) is 5.56 Å². The van der Waals surface area contributed by atoms with E-state index in [2.05, 4.69) is 0 Å². The molecule has 25 heavy (non-hydrogen) atoms. The molecule has 144 valence electrons. The summed E-state index contributed by atoms with van der Waals surface area (Å²) < 4.78 is 163. The fourth-order valence-electron chi connectivity index (χ4n) is 1.68. The highest BCUT2D eigenvalue weighted by molar-refractivity contribution is 7.86. The third-order valence-corrected chi connectivity index (χ3v) is 3.94. The Morgan fingerprint density at radius 3 is 1.56 bits per heavy atom. The maximum Gasteiger partial charge on any atom is 0.475 e. The van der Waals surface area contributed by atoms with Gasteiger partial charge in [0.1, 0.15) is 0 Å². The Balaban J connectivity index is 3.69. The van der Waals surface area contributed by atoms with Crippen molar-refractivity contribution in [2.45, 2.75) is 34.3 Å². The minimum absolute atomic E-state index is 0.140. The molecule has 0 radical (unpaired) electrons. The average Bonchev–Trinajstić information content (AvgIpc) is 2.42. The van der Waals surface area contributed by atoms with Gasteiger partial charge in [0.05, 0.1) is 0 Å². The molecule has 0 aliphatic heterocycles. The molecule has 0 aliphatic carbocycles. The second-order valence-electron chi connectivity index (χ2n) is 4.47. The first-order chi connectivity index (χ1) is 10.9. The lowest BCUT2D eigenvalue weighted by atomic mass is 9.88. The Morgan fingerprint density at radius 1 is 0.720 bits per heavy atom. The number of hydrogen-bond donors (Lipinski definition) is 0. The molecule has 1 aromatic rings. The lowest BCUT2D eigenvalue weighted by Crippen LogP contribution is -2.59. The largest absolute Gasteiger partial charge is 0.475 e. The average molecular weight is 412 g/mol. The Kier molecular flexibility index (Phi) is 5.22. The lowest BCUT2D eigenvalue weighted by Gasteiger charge is -2.36. The van der Waals surface area contributed by atoms with Crippen LogP contribution in [-0.2, 0) is 16.5 Å². The minimum atomic E-state index is -7.03. The van der Waals surface area contributed by atoms with Crippen LogP contribution in [0.15, 0.2) is 29.2 Å². The highest BCUT2D eigenvalue weighted by Gasteiger charge is 2.81. The molecule has 1 aromatic carbocycles. The lowest BCUT2D eigenvalue weighted by molar-refractivity contribution is -0.389. The van der Waals surface area contributed by atoms with Crippen LogP contribution in [0.3, 0.4) is 0 Å². The number of alkyl halides is 12. The molecule has 0 aliphatic rings. The van der Waals surface area contributed by atoms with Crippen LogP contribution in [0.5, 0.6) is 0 Å². The van der Waals surface area contributed by atoms with Crippen LogP contribution < -0.4 is 0 Å². The van der Waals surface area contributed by atoms with Crippen LogP contribution in [0.2, 0.25) is 0 Å². The maximum atomic E-state index is 14.1. The third-order valence-electron chi connectivity index (χ3n) is 2.84. The molecule has 0 saturated heterocycles. The Bertz CT molecular complexity index is 658. The molecule has 0 spiro atoms. The highest BCUT2D eigenvalue weighted by atomic mass is 32.2. The monoisotopic (exact) mass is 412 g/mol. The number of hydrogen-bond acceptors (Lipinski definition) is 1. The van der Waals surface area contributed by atoms with E-state index in [1.807, 2.05) is 0 Å². The fourth-order valence-corrected chi connectivity index (χ4v) is 2.38. The topological polar surface area (TPSA) is 17.1 Å². The van der Waals surface area contributed by atoms with Crippen molar-refractivity contribution in [2.75, 3.05) is 0 Å². The molecule has 0 aromatic heterocycles. The van der Waals surface area contributed by atoms with Crippen molar-refractivity contribution in [1.82, 2.24) is 0 Å². The van der Waals surface area contributed by atoms with Gasteiger partial charge in [-0.25, -0.2) is 8.60 Å². The van der Waals surface area contributed by atoms with E-state index in [1.54, 1.807) is 0 Å². The second kappa shape index (κ2) is 6.06. The highest BCUT2D eigenvalue weighted by Crippen LogP contribution is 2.58. The van der Waals surface area contributed by atoms with Crippen LogP contribution in [-0.4, -0.2) is 28.0 Å². The molecule has 2 atom stereocenters. The summed E-state index contributed by atoms with van der Waals surface area (Å²) in [5.41, 5.74) is -14.4. The molecule has 0 fully saturated rings. The summed E-state index contributed by atoms with van der Waals surface area (Å²) in [7, 11) is -4.08. The van der Waals surface area contributed by atoms with Gasteiger partial charge in [-0.2, -0.15) is 48.3 Å². The van der Waals surface area contributed by atoms with Gasteiger partial charge >= 0.3 is 29.5 Å². The molecule has 2 unspecified atom stereocenters. The van der Waals surface area contributed by atoms with Gasteiger partial charge < -0.3 is 0 Å². The SMILES string of the molecule is O=S(c1cccc(C(F)(C(F)(F)F)C(F)(F)C(F)(F)F)c1)C(F)(F)F. The van der Waals surface area contributed by atoms with E-state index in [4.69, 9.17) is 0 Å². The van der Waals surface area contributed by atoms with Crippen LogP contribution >= 0.6 is 0 Å². The maximum absolute atomic E-state index is 14.1. The summed E-state index contributed by atoms with van der Waals surface area (Å²) in [5.74, 6) is -7.03. The zero-order valence-electron chi connectivity index (χ0n) is 11.2. The van der Waals surface area contributed by atoms with E-state index in [-0.39, 0.29) is 18.2 Å². The van der Waals surface area contributed by atoms with Gasteiger partial charge in [0.25, 0.3) is 0 Å². The smallest absolute Gasteiger partial charge is 0.245 e. The summed E-state index contributed by atoms with van der Waals surface area (Å²) in [6.45, 7) is 0. The quantitative estimate of drug-likeness (QED) is 0.621. The normalized spacial score (nSPS) is 17.9. The fraction of sp³-hybridized carbons (Fsp3) is 0.455. The van der Waals surface area contributed by atoms with E-state index in [1.165, 1.54) is 0 Å². The van der Waals surface area contributed by atoms with Crippen molar-refractivity contribution in [3.8, 4) is 0 Å². The van der Waals surface area contributed by atoms with E-state index < -0.39 is 56.8 Å². The van der Waals surface area contributed by atoms with Crippen molar-refractivity contribution >= 4 is 10.8 Å². The minimum Gasteiger partial charge on any atom is -0.245 e. The van der Waals surface area contributed by atoms with Gasteiger partial charge in [-0.3, -0.25) is 0 Å². The van der Waals surface area contributed by atoms with E-state index in [0.29, 0.717) is 0 Å². The predicted molar refractivity (Wildman–Crippen MR) is 58.7 cm³/mol. The van der Waals surface area contributed by atoms with Gasteiger partial charge in [0.2, 0.25) is 0 Å². The van der Waals surface area contributed by atoms with E-state index >= 15 is 0 Å². The van der Waals surface area contributed by atoms with Gasteiger partial charge in [-0.15, -0.1) is 0 Å². The molecular formula is C11H4F12OS. The Labute approximate surface area is 133 Å². The molecular weight excluding hydrogens is 408 g/mol. The predicted octanol–water partition coefficient (Wildman–Crippen LogP) is 5.24. The van der Waals surface area contributed by atoms with Crippen molar-refractivity contribution in [2.24, 2.45) is 0 Å². The van der Waals surface area contributed by atoms with Crippen molar-refractivity contribution in [1.29, 1.82) is 0 Å². The summed E-state index contributed by atoms with van der Waals surface area (Å²) >= 11 is 0. The summed E-state index contributed by atoms with van der Waals surface area (Å²) in [6, 6.07) is -0.447. The molecule has 0 heterocycles. The van der Waals surface area contributed by atoms with Crippen molar-refractivity contribution < 1.29 is 56.9 Å². The van der Waals surface area contributed by atoms with Crippen LogP contribution in [0.4, 0.5) is 52.7 Å². The van der Waals surface area contributed by atoms with E-state index in [0.717, 1.165) is 0 Å². The van der Waals surface area contributed by atoms with Crippen molar-refractivity contribution in [3.05, 3.63) is 29.8 Å².